The smallest absolute Gasteiger partial charge is 0.265 e. The number of hydrogen-bond acceptors (Lipinski definition) is 3. The molecule has 0 aliphatic heterocycles. The Morgan fingerprint density at radius 3 is 2.33 bits per heavy atom. The summed E-state index contributed by atoms with van der Waals surface area (Å²) in [5, 5.41) is 11.3. The summed E-state index contributed by atoms with van der Waals surface area (Å²) in [5.41, 5.74) is 2.06. The number of hydroxylamine groups is 1. The van der Waals surface area contributed by atoms with Crippen LogP contribution in [-0.4, -0.2) is 23.1 Å². The van der Waals surface area contributed by atoms with Gasteiger partial charge >= 0.3 is 0 Å². The summed E-state index contributed by atoms with van der Waals surface area (Å²) in [7, 11) is 0. The van der Waals surface area contributed by atoms with Crippen LogP contribution in [0.4, 0.5) is 0 Å². The molecule has 0 saturated heterocycles. The second kappa shape index (κ2) is 6.76. The number of hydrogen-bond donors (Lipinski definition) is 3. The molecular formula is C13H18N2O3. The lowest BCUT2D eigenvalue weighted by atomic mass is 10.0. The lowest BCUT2D eigenvalue weighted by molar-refractivity contribution is -0.131. The Bertz CT molecular complexity index is 404. The maximum absolute atomic E-state index is 11.9. The molecule has 0 unspecified atom stereocenters. The summed E-state index contributed by atoms with van der Waals surface area (Å²) in [6, 6.07) is 7.90. The second-order valence-corrected chi connectivity index (χ2v) is 4.50. The SMILES string of the molecule is CC(C)C[C@H](NC(=O)c1ccccc1)C(=O)NO. The summed E-state index contributed by atoms with van der Waals surface area (Å²) in [5.74, 6) is -0.707. The van der Waals surface area contributed by atoms with Gasteiger partial charge in [0.2, 0.25) is 0 Å². The Kier molecular flexibility index (Phi) is 5.32. The van der Waals surface area contributed by atoms with E-state index < -0.39 is 11.9 Å². The molecule has 1 rings (SSSR count). The highest BCUT2D eigenvalue weighted by Crippen LogP contribution is 2.06. The molecule has 1 aromatic carbocycles. The van der Waals surface area contributed by atoms with Gasteiger partial charge in [-0.05, 0) is 24.5 Å². The third kappa shape index (κ3) is 4.18. The van der Waals surface area contributed by atoms with Crippen molar-refractivity contribution in [3.8, 4) is 0 Å². The lowest BCUT2D eigenvalue weighted by Crippen LogP contribution is -2.46. The molecule has 5 nitrogen and oxygen atoms in total. The van der Waals surface area contributed by atoms with Crippen molar-refractivity contribution in [1.82, 2.24) is 10.8 Å². The molecule has 1 atom stereocenters. The predicted molar refractivity (Wildman–Crippen MR) is 67.1 cm³/mol. The Morgan fingerprint density at radius 2 is 1.83 bits per heavy atom. The van der Waals surface area contributed by atoms with Crippen molar-refractivity contribution >= 4 is 11.8 Å². The van der Waals surface area contributed by atoms with Gasteiger partial charge in [-0.1, -0.05) is 32.0 Å². The van der Waals surface area contributed by atoms with Crippen molar-refractivity contribution < 1.29 is 14.8 Å². The van der Waals surface area contributed by atoms with Crippen LogP contribution in [0, 0.1) is 5.92 Å². The Labute approximate surface area is 106 Å². The van der Waals surface area contributed by atoms with Crippen LogP contribution in [0.2, 0.25) is 0 Å². The van der Waals surface area contributed by atoms with Gasteiger partial charge in [0.1, 0.15) is 6.04 Å². The van der Waals surface area contributed by atoms with Crippen molar-refractivity contribution in [2.75, 3.05) is 0 Å². The van der Waals surface area contributed by atoms with Gasteiger partial charge in [-0.3, -0.25) is 14.8 Å². The van der Waals surface area contributed by atoms with Gasteiger partial charge in [0.25, 0.3) is 11.8 Å². The fourth-order valence-corrected chi connectivity index (χ4v) is 1.61. The zero-order valence-corrected chi connectivity index (χ0v) is 10.5. The van der Waals surface area contributed by atoms with E-state index in [-0.39, 0.29) is 11.8 Å². The predicted octanol–water partition coefficient (Wildman–Crippen LogP) is 1.34. The number of nitrogens with one attached hydrogen (secondary N) is 2. The third-order valence-electron chi connectivity index (χ3n) is 2.48. The molecule has 0 aliphatic rings. The zero-order valence-electron chi connectivity index (χ0n) is 10.5. The molecule has 98 valence electrons. The van der Waals surface area contributed by atoms with Crippen LogP contribution in [0.5, 0.6) is 0 Å². The van der Waals surface area contributed by atoms with Crippen LogP contribution >= 0.6 is 0 Å². The lowest BCUT2D eigenvalue weighted by Gasteiger charge is -2.18. The Hall–Kier alpha value is -1.88. The molecule has 0 aromatic heterocycles. The van der Waals surface area contributed by atoms with E-state index in [2.05, 4.69) is 5.32 Å². The molecule has 0 fully saturated rings. The Morgan fingerprint density at radius 1 is 1.22 bits per heavy atom. The van der Waals surface area contributed by atoms with E-state index in [4.69, 9.17) is 5.21 Å². The molecular weight excluding hydrogens is 232 g/mol. The third-order valence-corrected chi connectivity index (χ3v) is 2.48. The van der Waals surface area contributed by atoms with Crippen LogP contribution in [0.25, 0.3) is 0 Å². The average Bonchev–Trinajstić information content (AvgIpc) is 2.37. The number of benzene rings is 1. The van der Waals surface area contributed by atoms with E-state index in [1.54, 1.807) is 29.7 Å². The summed E-state index contributed by atoms with van der Waals surface area (Å²) >= 11 is 0. The van der Waals surface area contributed by atoms with Gasteiger partial charge in [-0.2, -0.15) is 0 Å². The highest BCUT2D eigenvalue weighted by atomic mass is 16.5. The fraction of sp³-hybridized carbons (Fsp3) is 0.385. The van der Waals surface area contributed by atoms with E-state index in [0.29, 0.717) is 12.0 Å². The van der Waals surface area contributed by atoms with Gasteiger partial charge in [0, 0.05) is 5.56 Å². The van der Waals surface area contributed by atoms with Gasteiger partial charge in [-0.15, -0.1) is 0 Å². The first-order valence-electron chi connectivity index (χ1n) is 5.84. The summed E-state index contributed by atoms with van der Waals surface area (Å²) < 4.78 is 0. The first-order valence-corrected chi connectivity index (χ1v) is 5.84. The molecule has 0 heterocycles. The summed E-state index contributed by atoms with van der Waals surface area (Å²) in [6.07, 6.45) is 0.463. The topological polar surface area (TPSA) is 78.4 Å². The molecule has 18 heavy (non-hydrogen) atoms. The highest BCUT2D eigenvalue weighted by Gasteiger charge is 2.21. The number of carbonyl (C=O) groups excluding carboxylic acids is 2. The van der Waals surface area contributed by atoms with E-state index in [9.17, 15) is 9.59 Å². The quantitative estimate of drug-likeness (QED) is 0.545. The molecule has 1 aromatic rings. The zero-order chi connectivity index (χ0) is 13.5. The van der Waals surface area contributed by atoms with Crippen LogP contribution in [-0.2, 0) is 4.79 Å². The van der Waals surface area contributed by atoms with Crippen molar-refractivity contribution in [2.45, 2.75) is 26.3 Å². The number of amides is 2. The van der Waals surface area contributed by atoms with Crippen molar-refractivity contribution in [3.05, 3.63) is 35.9 Å². The molecule has 2 amide bonds. The molecule has 0 bridgehead atoms. The minimum Gasteiger partial charge on any atom is -0.340 e. The van der Waals surface area contributed by atoms with Crippen LogP contribution < -0.4 is 10.8 Å². The maximum Gasteiger partial charge on any atom is 0.265 e. The van der Waals surface area contributed by atoms with E-state index in [1.807, 2.05) is 19.9 Å². The monoisotopic (exact) mass is 250 g/mol. The Balaban J connectivity index is 2.71. The minimum absolute atomic E-state index is 0.225. The van der Waals surface area contributed by atoms with Gasteiger partial charge in [-0.25, -0.2) is 5.48 Å². The first-order chi connectivity index (χ1) is 8.54. The molecule has 0 saturated carbocycles. The first kappa shape index (κ1) is 14.2. The van der Waals surface area contributed by atoms with E-state index >= 15 is 0 Å². The van der Waals surface area contributed by atoms with Crippen molar-refractivity contribution in [2.24, 2.45) is 5.92 Å². The minimum atomic E-state index is -0.734. The molecule has 5 heteroatoms. The standard InChI is InChI=1S/C13H18N2O3/c1-9(2)8-11(13(17)15-18)14-12(16)10-6-4-3-5-7-10/h3-7,9,11,18H,8H2,1-2H3,(H,14,16)(H,15,17)/t11-/m0/s1. The molecule has 0 spiro atoms. The number of rotatable bonds is 5. The highest BCUT2D eigenvalue weighted by molar-refractivity contribution is 5.97. The van der Waals surface area contributed by atoms with Crippen LogP contribution in [0.3, 0.4) is 0 Å². The van der Waals surface area contributed by atoms with Gasteiger partial charge in [0.15, 0.2) is 0 Å². The van der Waals surface area contributed by atoms with E-state index in [1.165, 1.54) is 0 Å². The van der Waals surface area contributed by atoms with Crippen LogP contribution in [0.15, 0.2) is 30.3 Å². The fourth-order valence-electron chi connectivity index (χ4n) is 1.61. The number of carbonyl (C=O) groups is 2. The summed E-state index contributed by atoms with van der Waals surface area (Å²) in [4.78, 5) is 23.3. The largest absolute Gasteiger partial charge is 0.340 e. The van der Waals surface area contributed by atoms with E-state index in [0.717, 1.165) is 0 Å². The molecule has 3 N–H and O–H groups in total. The summed E-state index contributed by atoms with van der Waals surface area (Å²) in [6.45, 7) is 3.87. The molecule has 0 aliphatic carbocycles. The van der Waals surface area contributed by atoms with Crippen molar-refractivity contribution in [1.29, 1.82) is 0 Å². The second-order valence-electron chi connectivity index (χ2n) is 4.50. The van der Waals surface area contributed by atoms with Crippen molar-refractivity contribution in [3.63, 3.8) is 0 Å². The molecule has 0 radical (unpaired) electrons. The average molecular weight is 250 g/mol. The van der Waals surface area contributed by atoms with Gasteiger partial charge < -0.3 is 5.32 Å². The van der Waals surface area contributed by atoms with Gasteiger partial charge in [0.05, 0.1) is 0 Å². The van der Waals surface area contributed by atoms with Crippen LogP contribution in [0.1, 0.15) is 30.6 Å². The maximum atomic E-state index is 11.9. The normalized spacial score (nSPS) is 12.0.